The van der Waals surface area contributed by atoms with Crippen LogP contribution in [0.25, 0.3) is 0 Å². The summed E-state index contributed by atoms with van der Waals surface area (Å²) in [5.41, 5.74) is 2.13. The predicted octanol–water partition coefficient (Wildman–Crippen LogP) is 2.61. The molecule has 0 saturated heterocycles. The molecule has 1 rings (SSSR count). The summed E-state index contributed by atoms with van der Waals surface area (Å²) < 4.78 is 5.19. The lowest BCUT2D eigenvalue weighted by Crippen LogP contribution is -1.93. The van der Waals surface area contributed by atoms with Crippen LogP contribution in [0.2, 0.25) is 0 Å². The van der Waals surface area contributed by atoms with Crippen LogP contribution in [0, 0.1) is 6.92 Å². The highest BCUT2D eigenvalue weighted by atomic mass is 16.5. The molecule has 0 fully saturated rings. The van der Waals surface area contributed by atoms with Crippen LogP contribution in [-0.4, -0.2) is 7.11 Å². The molecule has 1 radical (unpaired) electrons. The van der Waals surface area contributed by atoms with E-state index in [1.165, 1.54) is 0 Å². The molecule has 1 aromatic rings. The monoisotopic (exact) mass is 161 g/mol. The third-order valence-electron chi connectivity index (χ3n) is 1.80. The fourth-order valence-electron chi connectivity index (χ4n) is 1.18. The van der Waals surface area contributed by atoms with Crippen molar-refractivity contribution < 1.29 is 4.74 Å². The summed E-state index contributed by atoms with van der Waals surface area (Å²) >= 11 is 0. The summed E-state index contributed by atoms with van der Waals surface area (Å²) in [6.07, 6.45) is 2.66. The van der Waals surface area contributed by atoms with Gasteiger partial charge in [0.15, 0.2) is 0 Å². The average molecular weight is 161 g/mol. The van der Waals surface area contributed by atoms with Crippen molar-refractivity contribution in [1.82, 2.24) is 0 Å². The maximum Gasteiger partial charge on any atom is 0.122 e. The van der Waals surface area contributed by atoms with Gasteiger partial charge < -0.3 is 4.74 Å². The van der Waals surface area contributed by atoms with Crippen molar-refractivity contribution in [3.8, 4) is 5.75 Å². The van der Waals surface area contributed by atoms with Crippen LogP contribution in [0.4, 0.5) is 0 Å². The lowest BCUT2D eigenvalue weighted by atomic mass is 10.0. The van der Waals surface area contributed by atoms with E-state index in [4.69, 9.17) is 4.74 Å². The van der Waals surface area contributed by atoms with Gasteiger partial charge in [-0.15, -0.1) is 6.58 Å². The Morgan fingerprint density at radius 2 is 2.25 bits per heavy atom. The van der Waals surface area contributed by atoms with Crippen molar-refractivity contribution in [3.63, 3.8) is 0 Å². The zero-order chi connectivity index (χ0) is 8.97. The Hall–Kier alpha value is -1.24. The number of allylic oxidation sites excluding steroid dienone is 1. The summed E-state index contributed by atoms with van der Waals surface area (Å²) in [6, 6.07) is 5.85. The van der Waals surface area contributed by atoms with Crippen molar-refractivity contribution in [2.24, 2.45) is 0 Å². The highest BCUT2D eigenvalue weighted by molar-refractivity contribution is 5.42. The summed E-state index contributed by atoms with van der Waals surface area (Å²) in [5, 5.41) is 0. The summed E-state index contributed by atoms with van der Waals surface area (Å²) in [4.78, 5) is 0. The first kappa shape index (κ1) is 8.85. The van der Waals surface area contributed by atoms with E-state index in [0.29, 0.717) is 0 Å². The molecule has 1 nitrogen and oxygen atoms in total. The highest BCUT2D eigenvalue weighted by Crippen LogP contribution is 2.21. The number of ether oxygens (including phenoxy) is 1. The van der Waals surface area contributed by atoms with Gasteiger partial charge in [-0.3, -0.25) is 0 Å². The molecule has 0 amide bonds. The fraction of sp³-hybridized carbons (Fsp3) is 0.182. The lowest BCUT2D eigenvalue weighted by Gasteiger charge is -2.08. The van der Waals surface area contributed by atoms with Gasteiger partial charge in [-0.25, -0.2) is 0 Å². The molecule has 0 spiro atoms. The van der Waals surface area contributed by atoms with E-state index in [-0.39, 0.29) is 0 Å². The molecular formula is C11H13O. The van der Waals surface area contributed by atoms with Crippen LogP contribution in [0.15, 0.2) is 30.9 Å². The zero-order valence-corrected chi connectivity index (χ0v) is 7.34. The minimum atomic E-state index is 0.808. The van der Waals surface area contributed by atoms with Crippen molar-refractivity contribution in [2.45, 2.75) is 6.42 Å². The second kappa shape index (κ2) is 3.96. The molecule has 0 unspecified atom stereocenters. The van der Waals surface area contributed by atoms with E-state index in [9.17, 15) is 0 Å². The fourth-order valence-corrected chi connectivity index (χ4v) is 1.18. The highest BCUT2D eigenvalue weighted by Gasteiger charge is 2.02. The van der Waals surface area contributed by atoms with E-state index in [1.54, 1.807) is 7.11 Å². The molecule has 0 saturated carbocycles. The van der Waals surface area contributed by atoms with E-state index in [0.717, 1.165) is 23.3 Å². The van der Waals surface area contributed by atoms with Crippen LogP contribution in [-0.2, 0) is 6.42 Å². The Labute approximate surface area is 73.7 Å². The number of hydrogen-bond donors (Lipinski definition) is 0. The van der Waals surface area contributed by atoms with E-state index < -0.39 is 0 Å². The third kappa shape index (κ3) is 1.67. The number of rotatable bonds is 3. The first-order valence-corrected chi connectivity index (χ1v) is 3.88. The van der Waals surface area contributed by atoms with Crippen LogP contribution < -0.4 is 4.74 Å². The third-order valence-corrected chi connectivity index (χ3v) is 1.80. The second-order valence-electron chi connectivity index (χ2n) is 2.59. The first-order valence-electron chi connectivity index (χ1n) is 3.88. The van der Waals surface area contributed by atoms with Gasteiger partial charge in [-0.05, 0) is 25.0 Å². The van der Waals surface area contributed by atoms with Crippen molar-refractivity contribution >= 4 is 0 Å². The Morgan fingerprint density at radius 3 is 2.83 bits per heavy atom. The molecule has 0 aliphatic rings. The smallest absolute Gasteiger partial charge is 0.122 e. The minimum Gasteiger partial charge on any atom is -0.496 e. The second-order valence-corrected chi connectivity index (χ2v) is 2.59. The van der Waals surface area contributed by atoms with Crippen LogP contribution in [0.5, 0.6) is 5.75 Å². The molecule has 1 aromatic carbocycles. The Balaban J connectivity index is 3.10. The van der Waals surface area contributed by atoms with Crippen LogP contribution >= 0.6 is 0 Å². The van der Waals surface area contributed by atoms with Gasteiger partial charge in [0, 0.05) is 5.56 Å². The van der Waals surface area contributed by atoms with Crippen LogP contribution in [0.1, 0.15) is 11.1 Å². The summed E-state index contributed by atoms with van der Waals surface area (Å²) in [6.45, 7) is 7.61. The van der Waals surface area contributed by atoms with E-state index >= 15 is 0 Å². The van der Waals surface area contributed by atoms with Crippen molar-refractivity contribution in [3.05, 3.63) is 48.9 Å². The number of methoxy groups -OCH3 is 1. The molecule has 63 valence electrons. The molecule has 1 heteroatoms. The van der Waals surface area contributed by atoms with Gasteiger partial charge in [0.05, 0.1) is 7.11 Å². The van der Waals surface area contributed by atoms with Crippen molar-refractivity contribution in [2.75, 3.05) is 7.11 Å². The molecular weight excluding hydrogens is 148 g/mol. The first-order chi connectivity index (χ1) is 5.79. The summed E-state index contributed by atoms with van der Waals surface area (Å²) in [7, 11) is 1.67. The van der Waals surface area contributed by atoms with Gasteiger partial charge >= 0.3 is 0 Å². The normalized spacial score (nSPS) is 9.50. The minimum absolute atomic E-state index is 0.808. The predicted molar refractivity (Wildman–Crippen MR) is 51.4 cm³/mol. The number of benzene rings is 1. The van der Waals surface area contributed by atoms with E-state index in [1.807, 2.05) is 24.3 Å². The quantitative estimate of drug-likeness (QED) is 0.619. The SMILES string of the molecule is [CH2]c1cccc(OC)c1CC=C. The average Bonchev–Trinajstić information content (AvgIpc) is 2.09. The summed E-state index contributed by atoms with van der Waals surface area (Å²) in [5.74, 6) is 0.891. The topological polar surface area (TPSA) is 9.23 Å². The molecule has 0 aromatic heterocycles. The molecule has 0 atom stereocenters. The Bertz CT molecular complexity index is 276. The van der Waals surface area contributed by atoms with Crippen molar-refractivity contribution in [1.29, 1.82) is 0 Å². The molecule has 0 aliphatic heterocycles. The largest absolute Gasteiger partial charge is 0.496 e. The Morgan fingerprint density at radius 1 is 1.50 bits per heavy atom. The van der Waals surface area contributed by atoms with Gasteiger partial charge in [0.1, 0.15) is 5.75 Å². The number of hydrogen-bond acceptors (Lipinski definition) is 1. The zero-order valence-electron chi connectivity index (χ0n) is 7.34. The van der Waals surface area contributed by atoms with Gasteiger partial charge in [0.25, 0.3) is 0 Å². The molecule has 0 bridgehead atoms. The van der Waals surface area contributed by atoms with E-state index in [2.05, 4.69) is 13.5 Å². The Kier molecular flexibility index (Phi) is 2.92. The van der Waals surface area contributed by atoms with Crippen LogP contribution in [0.3, 0.4) is 0 Å². The van der Waals surface area contributed by atoms with Gasteiger partial charge in [0.2, 0.25) is 0 Å². The molecule has 0 N–H and O–H groups in total. The standard InChI is InChI=1S/C11H13O/c1-4-6-10-9(2)7-5-8-11(10)12-3/h4-5,7-8H,1-2,6H2,3H3. The molecule has 0 aliphatic carbocycles. The molecule has 0 heterocycles. The lowest BCUT2D eigenvalue weighted by molar-refractivity contribution is 0.410. The molecule has 12 heavy (non-hydrogen) atoms. The maximum atomic E-state index is 5.19. The van der Waals surface area contributed by atoms with Gasteiger partial charge in [-0.2, -0.15) is 0 Å². The van der Waals surface area contributed by atoms with Gasteiger partial charge in [-0.1, -0.05) is 18.2 Å². The maximum absolute atomic E-state index is 5.19.